The predicted octanol–water partition coefficient (Wildman–Crippen LogP) is -3.26. The van der Waals surface area contributed by atoms with Crippen LogP contribution in [0.4, 0.5) is 0 Å². The Morgan fingerprint density at radius 1 is 1.45 bits per heavy atom. The first-order valence-corrected chi connectivity index (χ1v) is 6.87. The maximum Gasteiger partial charge on any atom is 0.469 e. The summed E-state index contributed by atoms with van der Waals surface area (Å²) in [5.74, 6) is -4.69. The first kappa shape index (κ1) is 17.4. The highest BCUT2D eigenvalue weighted by Gasteiger charge is 2.52. The third kappa shape index (κ3) is 4.19. The molecule has 0 aromatic rings. The Hall–Kier alpha value is -0.620. The third-order valence-corrected chi connectivity index (χ3v) is 3.16. The van der Waals surface area contributed by atoms with E-state index in [9.17, 15) is 29.8 Å². The van der Waals surface area contributed by atoms with Gasteiger partial charge in [0, 0.05) is 6.42 Å². The first-order valence-electron chi connectivity index (χ1n) is 5.34. The van der Waals surface area contributed by atoms with Gasteiger partial charge in [-0.25, -0.2) is 9.36 Å². The van der Waals surface area contributed by atoms with Crippen molar-refractivity contribution in [1.29, 1.82) is 0 Å². The minimum Gasteiger partial charge on any atom is -0.477 e. The molecule has 1 fully saturated rings. The Morgan fingerprint density at radius 2 is 2.00 bits per heavy atom. The molecule has 0 aromatic carbocycles. The van der Waals surface area contributed by atoms with Gasteiger partial charge in [-0.2, -0.15) is 0 Å². The Labute approximate surface area is 112 Å². The molecule has 20 heavy (non-hydrogen) atoms. The van der Waals surface area contributed by atoms with E-state index >= 15 is 0 Å². The van der Waals surface area contributed by atoms with E-state index in [1.807, 2.05) is 0 Å². The lowest BCUT2D eigenvalue weighted by Gasteiger charge is -2.41. The summed E-state index contributed by atoms with van der Waals surface area (Å²) in [6, 6.07) is 0. The standard InChI is InChI=1S/C8H15O11P/c9-3-1-8(14,7(12)13)19-6(5(3)11)4(10)2-18-20(15,16)17/h3-6,9-11,14H,1-2H2,(H,12,13)(H2,15,16,17)/t3-,4-,5-,6?,8?/m1/s1. The minimum atomic E-state index is -4.90. The van der Waals surface area contributed by atoms with Crippen molar-refractivity contribution >= 4 is 13.8 Å². The number of carboxylic acid groups (broad SMARTS) is 1. The number of aliphatic hydroxyl groups is 4. The van der Waals surface area contributed by atoms with E-state index in [1.165, 1.54) is 0 Å². The van der Waals surface area contributed by atoms with Gasteiger partial charge in [0.2, 0.25) is 0 Å². The van der Waals surface area contributed by atoms with Gasteiger partial charge in [-0.05, 0) is 0 Å². The molecule has 0 spiro atoms. The van der Waals surface area contributed by atoms with Crippen molar-refractivity contribution in [3.05, 3.63) is 0 Å². The van der Waals surface area contributed by atoms with Gasteiger partial charge in [-0.15, -0.1) is 0 Å². The number of hydrogen-bond acceptors (Lipinski definition) is 8. The van der Waals surface area contributed by atoms with Gasteiger partial charge in [0.05, 0.1) is 12.7 Å². The van der Waals surface area contributed by atoms with E-state index in [0.29, 0.717) is 0 Å². The molecule has 118 valence electrons. The van der Waals surface area contributed by atoms with Gasteiger partial charge < -0.3 is 40.1 Å². The van der Waals surface area contributed by atoms with E-state index in [4.69, 9.17) is 14.9 Å². The quantitative estimate of drug-likeness (QED) is 0.251. The van der Waals surface area contributed by atoms with Crippen LogP contribution in [0, 0.1) is 0 Å². The Bertz CT molecular complexity index is 407. The summed E-state index contributed by atoms with van der Waals surface area (Å²) in [5.41, 5.74) is 0. The van der Waals surface area contributed by atoms with Crippen molar-refractivity contribution in [2.45, 2.75) is 36.6 Å². The fourth-order valence-corrected chi connectivity index (χ4v) is 2.03. The first-order chi connectivity index (χ1) is 8.96. The van der Waals surface area contributed by atoms with Gasteiger partial charge in [-0.1, -0.05) is 0 Å². The van der Waals surface area contributed by atoms with Crippen LogP contribution in [-0.2, 0) is 18.6 Å². The maximum atomic E-state index is 10.8. The molecule has 1 rings (SSSR count). The van der Waals surface area contributed by atoms with Crippen molar-refractivity contribution in [1.82, 2.24) is 0 Å². The highest BCUT2D eigenvalue weighted by molar-refractivity contribution is 7.46. The lowest BCUT2D eigenvalue weighted by molar-refractivity contribution is -0.308. The highest BCUT2D eigenvalue weighted by atomic mass is 31.2. The molecule has 1 saturated heterocycles. The molecule has 0 saturated carbocycles. The number of aliphatic hydroxyl groups excluding tert-OH is 3. The Morgan fingerprint density at radius 3 is 2.45 bits per heavy atom. The summed E-state index contributed by atoms with van der Waals surface area (Å²) in [6.45, 7) is -1.01. The summed E-state index contributed by atoms with van der Waals surface area (Å²) in [4.78, 5) is 27.7. The summed E-state index contributed by atoms with van der Waals surface area (Å²) >= 11 is 0. The molecule has 11 nitrogen and oxygen atoms in total. The number of aliphatic carboxylic acids is 1. The molecule has 1 aliphatic rings. The number of carbonyl (C=O) groups is 1. The fourth-order valence-electron chi connectivity index (χ4n) is 1.68. The van der Waals surface area contributed by atoms with Crippen LogP contribution in [0.3, 0.4) is 0 Å². The van der Waals surface area contributed by atoms with Crippen LogP contribution in [-0.4, -0.2) is 78.1 Å². The van der Waals surface area contributed by atoms with Crippen molar-refractivity contribution < 1.29 is 53.9 Å². The number of hydrogen-bond donors (Lipinski definition) is 7. The molecular weight excluding hydrogens is 303 g/mol. The fraction of sp³-hybridized carbons (Fsp3) is 0.875. The van der Waals surface area contributed by atoms with Gasteiger partial charge >= 0.3 is 13.8 Å². The average Bonchev–Trinajstić information content (AvgIpc) is 2.29. The zero-order chi connectivity index (χ0) is 15.7. The highest BCUT2D eigenvalue weighted by Crippen LogP contribution is 2.37. The molecule has 0 amide bonds. The Balaban J connectivity index is 2.80. The predicted molar refractivity (Wildman–Crippen MR) is 58.1 cm³/mol. The van der Waals surface area contributed by atoms with Crippen LogP contribution in [0.25, 0.3) is 0 Å². The molecule has 2 unspecified atom stereocenters. The molecule has 0 radical (unpaired) electrons. The summed E-state index contributed by atoms with van der Waals surface area (Å²) in [5, 5.41) is 46.9. The zero-order valence-corrected chi connectivity index (χ0v) is 10.8. The van der Waals surface area contributed by atoms with E-state index in [-0.39, 0.29) is 0 Å². The van der Waals surface area contributed by atoms with E-state index in [0.717, 1.165) is 0 Å². The maximum absolute atomic E-state index is 10.8. The molecule has 0 aromatic heterocycles. The number of ether oxygens (including phenoxy) is 1. The second-order valence-corrected chi connectivity index (χ2v) is 5.53. The van der Waals surface area contributed by atoms with Crippen LogP contribution in [0.1, 0.15) is 6.42 Å². The van der Waals surface area contributed by atoms with Gasteiger partial charge in [-0.3, -0.25) is 4.52 Å². The molecule has 7 N–H and O–H groups in total. The smallest absolute Gasteiger partial charge is 0.469 e. The topological polar surface area (TPSA) is 194 Å². The molecular formula is C8H15O11P. The van der Waals surface area contributed by atoms with E-state index in [1.54, 1.807) is 0 Å². The second-order valence-electron chi connectivity index (χ2n) is 4.29. The molecule has 0 aliphatic carbocycles. The normalized spacial score (nSPS) is 36.6. The number of carboxylic acids is 1. The Kier molecular flexibility index (Phi) is 5.24. The molecule has 1 heterocycles. The van der Waals surface area contributed by atoms with Gasteiger partial charge in [0.15, 0.2) is 0 Å². The lowest BCUT2D eigenvalue weighted by atomic mass is 9.93. The van der Waals surface area contributed by atoms with Crippen molar-refractivity contribution in [3.8, 4) is 0 Å². The van der Waals surface area contributed by atoms with Crippen LogP contribution >= 0.6 is 7.82 Å². The molecule has 0 bridgehead atoms. The molecule has 5 atom stereocenters. The van der Waals surface area contributed by atoms with Gasteiger partial charge in [0.25, 0.3) is 5.79 Å². The summed E-state index contributed by atoms with van der Waals surface area (Å²) in [7, 11) is -4.90. The van der Waals surface area contributed by atoms with Crippen molar-refractivity contribution in [2.24, 2.45) is 0 Å². The third-order valence-electron chi connectivity index (χ3n) is 2.67. The van der Waals surface area contributed by atoms with Crippen LogP contribution in [0.5, 0.6) is 0 Å². The van der Waals surface area contributed by atoms with Crippen LogP contribution in [0.15, 0.2) is 0 Å². The summed E-state index contributed by atoms with van der Waals surface area (Å²) < 4.78 is 19.0. The monoisotopic (exact) mass is 318 g/mol. The van der Waals surface area contributed by atoms with Crippen molar-refractivity contribution in [3.63, 3.8) is 0 Å². The van der Waals surface area contributed by atoms with Crippen LogP contribution in [0.2, 0.25) is 0 Å². The number of rotatable bonds is 5. The van der Waals surface area contributed by atoms with Gasteiger partial charge in [0.1, 0.15) is 18.3 Å². The van der Waals surface area contributed by atoms with E-state index < -0.39 is 57.0 Å². The van der Waals surface area contributed by atoms with Crippen molar-refractivity contribution in [2.75, 3.05) is 6.61 Å². The lowest BCUT2D eigenvalue weighted by Crippen LogP contribution is -2.61. The van der Waals surface area contributed by atoms with Crippen LogP contribution < -0.4 is 0 Å². The summed E-state index contributed by atoms with van der Waals surface area (Å²) in [6.07, 6.45) is -8.04. The zero-order valence-electron chi connectivity index (χ0n) is 9.93. The average molecular weight is 318 g/mol. The minimum absolute atomic E-state index is 0.841. The number of phosphoric ester groups is 1. The SMILES string of the molecule is O=C(O)C1(O)C[C@@H](O)[C@@H](O)C([C@H](O)COP(=O)(O)O)O1. The van der Waals surface area contributed by atoms with E-state index in [2.05, 4.69) is 9.26 Å². The molecule has 12 heteroatoms. The number of phosphoric acid groups is 1. The largest absolute Gasteiger partial charge is 0.477 e. The molecule has 1 aliphatic heterocycles. The second kappa shape index (κ2) is 6.02.